The van der Waals surface area contributed by atoms with Gasteiger partial charge in [-0.25, -0.2) is 0 Å². The van der Waals surface area contributed by atoms with E-state index in [0.29, 0.717) is 6.10 Å². The second-order valence-corrected chi connectivity index (χ2v) is 3.95. The van der Waals surface area contributed by atoms with Crippen LogP contribution in [0.15, 0.2) is 0 Å². The molecule has 0 amide bonds. The predicted molar refractivity (Wildman–Crippen MR) is 55.9 cm³/mol. The summed E-state index contributed by atoms with van der Waals surface area (Å²) < 4.78 is 5.42. The topological polar surface area (TPSA) is 29.5 Å². The van der Waals surface area contributed by atoms with Crippen LogP contribution < -0.4 is 0 Å². The molecule has 13 heavy (non-hydrogen) atoms. The molecule has 0 saturated carbocycles. The van der Waals surface area contributed by atoms with Gasteiger partial charge in [0.2, 0.25) is 0 Å². The number of rotatable bonds is 7. The summed E-state index contributed by atoms with van der Waals surface area (Å²) in [6.45, 7) is 8.90. The molecule has 0 heterocycles. The smallest absolute Gasteiger partial charge is 0.0643 e. The molecule has 0 fully saturated rings. The molecule has 2 heteroatoms. The highest BCUT2D eigenvalue weighted by molar-refractivity contribution is 4.74. The zero-order valence-corrected chi connectivity index (χ0v) is 9.47. The minimum absolute atomic E-state index is 0.302. The van der Waals surface area contributed by atoms with Gasteiger partial charge >= 0.3 is 0 Å². The summed E-state index contributed by atoms with van der Waals surface area (Å²) in [5, 5.41) is 9.94. The van der Waals surface area contributed by atoms with Crippen LogP contribution in [0.1, 0.15) is 53.4 Å². The molecule has 0 radical (unpaired) electrons. The van der Waals surface area contributed by atoms with Crippen molar-refractivity contribution in [2.45, 2.75) is 65.1 Å². The van der Waals surface area contributed by atoms with Crippen LogP contribution in [0.4, 0.5) is 0 Å². The SMILES string of the molecule is CCC(O)(CC)CCCOC(C)C. The van der Waals surface area contributed by atoms with Gasteiger partial charge in [-0.2, -0.15) is 0 Å². The summed E-state index contributed by atoms with van der Waals surface area (Å²) >= 11 is 0. The average molecular weight is 188 g/mol. The van der Waals surface area contributed by atoms with Crippen molar-refractivity contribution in [3.8, 4) is 0 Å². The Kier molecular flexibility index (Phi) is 6.35. The molecule has 0 spiro atoms. The van der Waals surface area contributed by atoms with E-state index < -0.39 is 5.60 Å². The number of hydrogen-bond donors (Lipinski definition) is 1. The Morgan fingerprint density at radius 2 is 1.77 bits per heavy atom. The summed E-state index contributed by atoms with van der Waals surface area (Å²) in [7, 11) is 0. The van der Waals surface area contributed by atoms with E-state index in [0.717, 1.165) is 32.3 Å². The van der Waals surface area contributed by atoms with Gasteiger partial charge in [0.05, 0.1) is 11.7 Å². The van der Waals surface area contributed by atoms with Gasteiger partial charge in [0.25, 0.3) is 0 Å². The lowest BCUT2D eigenvalue weighted by atomic mass is 9.92. The first-order chi connectivity index (χ1) is 6.04. The maximum Gasteiger partial charge on any atom is 0.0643 e. The van der Waals surface area contributed by atoms with Crippen molar-refractivity contribution < 1.29 is 9.84 Å². The molecule has 0 aliphatic rings. The Labute approximate surface area is 82.3 Å². The average Bonchev–Trinajstić information content (AvgIpc) is 2.12. The Morgan fingerprint density at radius 3 is 2.15 bits per heavy atom. The first-order valence-electron chi connectivity index (χ1n) is 5.38. The molecular formula is C11H24O2. The van der Waals surface area contributed by atoms with Gasteiger partial charge < -0.3 is 9.84 Å². The molecule has 0 bridgehead atoms. The van der Waals surface area contributed by atoms with Gasteiger partial charge in [0.1, 0.15) is 0 Å². The number of ether oxygens (including phenoxy) is 1. The van der Waals surface area contributed by atoms with Crippen molar-refractivity contribution >= 4 is 0 Å². The fraction of sp³-hybridized carbons (Fsp3) is 1.00. The van der Waals surface area contributed by atoms with Crippen LogP contribution in [0.2, 0.25) is 0 Å². The van der Waals surface area contributed by atoms with Crippen LogP contribution in [0, 0.1) is 0 Å². The summed E-state index contributed by atoms with van der Waals surface area (Å²) in [6.07, 6.45) is 3.79. The molecule has 80 valence electrons. The standard InChI is InChI=1S/C11H24O2/c1-5-11(12,6-2)8-7-9-13-10(3)4/h10,12H,5-9H2,1-4H3. The van der Waals surface area contributed by atoms with Crippen molar-refractivity contribution in [3.63, 3.8) is 0 Å². The van der Waals surface area contributed by atoms with E-state index >= 15 is 0 Å². The third-order valence-electron chi connectivity index (χ3n) is 2.55. The van der Waals surface area contributed by atoms with Gasteiger partial charge in [-0.3, -0.25) is 0 Å². The quantitative estimate of drug-likeness (QED) is 0.622. The van der Waals surface area contributed by atoms with Crippen molar-refractivity contribution in [2.75, 3.05) is 6.61 Å². The number of hydrogen-bond acceptors (Lipinski definition) is 2. The molecule has 0 aliphatic carbocycles. The van der Waals surface area contributed by atoms with Crippen LogP contribution in [-0.2, 0) is 4.74 Å². The molecule has 1 N–H and O–H groups in total. The van der Waals surface area contributed by atoms with E-state index in [-0.39, 0.29) is 0 Å². The van der Waals surface area contributed by atoms with Crippen LogP contribution in [0.3, 0.4) is 0 Å². The monoisotopic (exact) mass is 188 g/mol. The van der Waals surface area contributed by atoms with Crippen LogP contribution in [0.25, 0.3) is 0 Å². The van der Waals surface area contributed by atoms with E-state index in [1.165, 1.54) is 0 Å². The maximum absolute atomic E-state index is 9.94. The normalized spacial score (nSPS) is 12.5. The Morgan fingerprint density at radius 1 is 1.23 bits per heavy atom. The van der Waals surface area contributed by atoms with E-state index in [1.54, 1.807) is 0 Å². The molecule has 0 saturated heterocycles. The summed E-state index contributed by atoms with van der Waals surface area (Å²) in [5.41, 5.74) is -0.458. The van der Waals surface area contributed by atoms with E-state index in [4.69, 9.17) is 4.74 Å². The van der Waals surface area contributed by atoms with Gasteiger partial charge in [-0.05, 0) is 39.5 Å². The fourth-order valence-electron chi connectivity index (χ4n) is 1.32. The van der Waals surface area contributed by atoms with Crippen molar-refractivity contribution in [2.24, 2.45) is 0 Å². The predicted octanol–water partition coefficient (Wildman–Crippen LogP) is 2.74. The highest BCUT2D eigenvalue weighted by atomic mass is 16.5. The van der Waals surface area contributed by atoms with E-state index in [2.05, 4.69) is 0 Å². The molecule has 0 rings (SSSR count). The third-order valence-corrected chi connectivity index (χ3v) is 2.55. The first kappa shape index (κ1) is 12.9. The maximum atomic E-state index is 9.94. The fourth-order valence-corrected chi connectivity index (χ4v) is 1.32. The van der Waals surface area contributed by atoms with Gasteiger partial charge in [-0.1, -0.05) is 13.8 Å². The summed E-state index contributed by atoms with van der Waals surface area (Å²) in [5.74, 6) is 0. The molecule has 0 aromatic rings. The molecule has 0 unspecified atom stereocenters. The second kappa shape index (κ2) is 6.39. The molecule has 0 aliphatic heterocycles. The van der Waals surface area contributed by atoms with E-state index in [9.17, 15) is 5.11 Å². The second-order valence-electron chi connectivity index (χ2n) is 3.95. The molecule has 2 nitrogen and oxygen atoms in total. The van der Waals surface area contributed by atoms with Crippen LogP contribution in [0.5, 0.6) is 0 Å². The molecular weight excluding hydrogens is 164 g/mol. The minimum Gasteiger partial charge on any atom is -0.390 e. The lowest BCUT2D eigenvalue weighted by Gasteiger charge is -2.25. The highest BCUT2D eigenvalue weighted by Crippen LogP contribution is 2.20. The number of aliphatic hydroxyl groups is 1. The van der Waals surface area contributed by atoms with Gasteiger partial charge in [0.15, 0.2) is 0 Å². The van der Waals surface area contributed by atoms with Crippen LogP contribution >= 0.6 is 0 Å². The molecule has 0 aromatic carbocycles. The van der Waals surface area contributed by atoms with Gasteiger partial charge in [-0.15, -0.1) is 0 Å². The van der Waals surface area contributed by atoms with Crippen molar-refractivity contribution in [1.82, 2.24) is 0 Å². The third kappa shape index (κ3) is 6.05. The zero-order valence-electron chi connectivity index (χ0n) is 9.47. The van der Waals surface area contributed by atoms with Gasteiger partial charge in [0, 0.05) is 6.61 Å². The molecule has 0 aromatic heterocycles. The Balaban J connectivity index is 3.50. The lowest BCUT2D eigenvalue weighted by Crippen LogP contribution is -2.26. The largest absolute Gasteiger partial charge is 0.390 e. The van der Waals surface area contributed by atoms with Crippen molar-refractivity contribution in [3.05, 3.63) is 0 Å². The summed E-state index contributed by atoms with van der Waals surface area (Å²) in [4.78, 5) is 0. The summed E-state index contributed by atoms with van der Waals surface area (Å²) in [6, 6.07) is 0. The van der Waals surface area contributed by atoms with Crippen LogP contribution in [-0.4, -0.2) is 23.4 Å². The Hall–Kier alpha value is -0.0800. The Bertz CT molecular complexity index is 117. The lowest BCUT2D eigenvalue weighted by molar-refractivity contribution is 0.00591. The molecule has 0 atom stereocenters. The first-order valence-corrected chi connectivity index (χ1v) is 5.38. The highest BCUT2D eigenvalue weighted by Gasteiger charge is 2.20. The minimum atomic E-state index is -0.458. The zero-order chi connectivity index (χ0) is 10.3. The van der Waals surface area contributed by atoms with Crippen molar-refractivity contribution in [1.29, 1.82) is 0 Å². The van der Waals surface area contributed by atoms with E-state index in [1.807, 2.05) is 27.7 Å².